The van der Waals surface area contributed by atoms with E-state index in [-0.39, 0.29) is 5.91 Å². The summed E-state index contributed by atoms with van der Waals surface area (Å²) in [6, 6.07) is 8.13. The number of nitrogens with one attached hydrogen (secondary N) is 2. The summed E-state index contributed by atoms with van der Waals surface area (Å²) < 4.78 is 0. The van der Waals surface area contributed by atoms with Gasteiger partial charge in [-0.3, -0.25) is 4.79 Å². The van der Waals surface area contributed by atoms with E-state index in [1.165, 1.54) is 19.3 Å². The Kier molecular flexibility index (Phi) is 5.41. The van der Waals surface area contributed by atoms with Gasteiger partial charge in [-0.25, -0.2) is 0 Å². The highest BCUT2D eigenvalue weighted by molar-refractivity contribution is 5.94. The monoisotopic (exact) mass is 275 g/mol. The minimum Gasteiger partial charge on any atom is -0.385 e. The number of piperidine rings is 1. The van der Waals surface area contributed by atoms with E-state index in [0.717, 1.165) is 30.9 Å². The topological polar surface area (TPSA) is 44.4 Å². The molecule has 0 spiro atoms. The molecule has 0 bridgehead atoms. The zero-order valence-electron chi connectivity index (χ0n) is 12.5. The van der Waals surface area contributed by atoms with Gasteiger partial charge < -0.3 is 15.5 Å². The number of likely N-dealkylation sites (N-methyl/N-ethyl adjacent to an activating group) is 1. The maximum atomic E-state index is 12.1. The van der Waals surface area contributed by atoms with E-state index in [2.05, 4.69) is 29.5 Å². The van der Waals surface area contributed by atoms with E-state index < -0.39 is 0 Å². The van der Waals surface area contributed by atoms with E-state index in [9.17, 15) is 4.79 Å². The van der Waals surface area contributed by atoms with Crippen LogP contribution < -0.4 is 10.6 Å². The molecule has 0 radical (unpaired) electrons. The number of likely N-dealkylation sites (tertiary alicyclic amines) is 1. The van der Waals surface area contributed by atoms with Crippen LogP contribution >= 0.6 is 0 Å². The minimum absolute atomic E-state index is 0.0204. The van der Waals surface area contributed by atoms with Crippen LogP contribution in [0.1, 0.15) is 36.5 Å². The van der Waals surface area contributed by atoms with Crippen LogP contribution in [0.25, 0.3) is 0 Å². The summed E-state index contributed by atoms with van der Waals surface area (Å²) in [7, 11) is 2.14. The van der Waals surface area contributed by atoms with Gasteiger partial charge in [0.05, 0.1) is 0 Å². The van der Waals surface area contributed by atoms with Gasteiger partial charge in [0.1, 0.15) is 0 Å². The van der Waals surface area contributed by atoms with Crippen molar-refractivity contribution in [2.75, 3.05) is 32.0 Å². The Balaban J connectivity index is 1.84. The van der Waals surface area contributed by atoms with Crippen molar-refractivity contribution in [1.82, 2.24) is 10.2 Å². The molecule has 4 heteroatoms. The van der Waals surface area contributed by atoms with Gasteiger partial charge in [-0.05, 0) is 57.6 Å². The van der Waals surface area contributed by atoms with E-state index in [4.69, 9.17) is 0 Å². The molecule has 1 atom stereocenters. The highest BCUT2D eigenvalue weighted by atomic mass is 16.1. The van der Waals surface area contributed by atoms with Crippen LogP contribution in [-0.2, 0) is 0 Å². The number of benzene rings is 1. The lowest BCUT2D eigenvalue weighted by atomic mass is 10.0. The van der Waals surface area contributed by atoms with Crippen LogP contribution in [0.15, 0.2) is 24.3 Å². The molecule has 1 unspecified atom stereocenters. The molecule has 1 saturated heterocycles. The fraction of sp³-hybridized carbons (Fsp3) is 0.562. The molecule has 0 aliphatic carbocycles. The van der Waals surface area contributed by atoms with Gasteiger partial charge in [-0.2, -0.15) is 0 Å². The summed E-state index contributed by atoms with van der Waals surface area (Å²) in [5.41, 5.74) is 1.78. The van der Waals surface area contributed by atoms with Crippen molar-refractivity contribution in [2.24, 2.45) is 0 Å². The maximum Gasteiger partial charge on any atom is 0.251 e. The molecule has 0 saturated carbocycles. The van der Waals surface area contributed by atoms with E-state index in [0.29, 0.717) is 6.04 Å². The zero-order valence-corrected chi connectivity index (χ0v) is 12.5. The van der Waals surface area contributed by atoms with Crippen LogP contribution in [0, 0.1) is 0 Å². The van der Waals surface area contributed by atoms with Gasteiger partial charge in [0.15, 0.2) is 0 Å². The van der Waals surface area contributed by atoms with E-state index in [1.807, 2.05) is 24.3 Å². The smallest absolute Gasteiger partial charge is 0.251 e. The standard InChI is InChI=1S/C16H25N3O/c1-3-17-14-9-7-13(8-10-14)16(20)18-12-15-6-4-5-11-19(15)2/h7-10,15,17H,3-6,11-12H2,1-2H3,(H,18,20). The normalized spacial score (nSPS) is 19.6. The van der Waals surface area contributed by atoms with Crippen molar-refractivity contribution in [3.05, 3.63) is 29.8 Å². The number of carbonyl (C=O) groups is 1. The third kappa shape index (κ3) is 3.97. The third-order valence-corrected chi connectivity index (χ3v) is 3.95. The fourth-order valence-electron chi connectivity index (χ4n) is 2.66. The Morgan fingerprint density at radius 3 is 2.70 bits per heavy atom. The summed E-state index contributed by atoms with van der Waals surface area (Å²) in [5.74, 6) is 0.0204. The molecule has 2 N–H and O–H groups in total. The molecular formula is C16H25N3O. The first-order valence-corrected chi connectivity index (χ1v) is 7.53. The van der Waals surface area contributed by atoms with Crippen LogP contribution in [0.4, 0.5) is 5.69 Å². The van der Waals surface area contributed by atoms with Gasteiger partial charge in [-0.15, -0.1) is 0 Å². The van der Waals surface area contributed by atoms with Crippen molar-refractivity contribution < 1.29 is 4.79 Å². The van der Waals surface area contributed by atoms with Gasteiger partial charge in [0.25, 0.3) is 5.91 Å². The Labute approximate surface area is 121 Å². The SMILES string of the molecule is CCNc1ccc(C(=O)NCC2CCCCN2C)cc1. The van der Waals surface area contributed by atoms with Gasteiger partial charge in [0, 0.05) is 30.4 Å². The lowest BCUT2D eigenvalue weighted by Gasteiger charge is -2.32. The Hall–Kier alpha value is -1.55. The molecule has 1 aliphatic heterocycles. The summed E-state index contributed by atoms with van der Waals surface area (Å²) in [6.45, 7) is 4.82. The predicted octanol–water partition coefficient (Wildman–Crippen LogP) is 2.33. The van der Waals surface area contributed by atoms with Gasteiger partial charge in [-0.1, -0.05) is 6.42 Å². The summed E-state index contributed by atoms with van der Waals surface area (Å²) in [4.78, 5) is 14.5. The van der Waals surface area contributed by atoms with E-state index in [1.54, 1.807) is 0 Å². The number of nitrogens with zero attached hydrogens (tertiary/aromatic N) is 1. The second kappa shape index (κ2) is 7.29. The molecule has 0 aromatic heterocycles. The van der Waals surface area contributed by atoms with Crippen molar-refractivity contribution in [3.63, 3.8) is 0 Å². The zero-order chi connectivity index (χ0) is 14.4. The predicted molar refractivity (Wildman–Crippen MR) is 83.2 cm³/mol. The highest BCUT2D eigenvalue weighted by Gasteiger charge is 2.19. The first kappa shape index (κ1) is 14.9. The molecule has 20 heavy (non-hydrogen) atoms. The first-order chi connectivity index (χ1) is 9.70. The van der Waals surface area contributed by atoms with Crippen molar-refractivity contribution in [2.45, 2.75) is 32.2 Å². The molecular weight excluding hydrogens is 250 g/mol. The quantitative estimate of drug-likeness (QED) is 0.867. The Bertz CT molecular complexity index is 430. The molecule has 1 aromatic rings. The molecule has 2 rings (SSSR count). The van der Waals surface area contributed by atoms with Crippen LogP contribution in [0.2, 0.25) is 0 Å². The average Bonchev–Trinajstić information content (AvgIpc) is 2.47. The van der Waals surface area contributed by atoms with Crippen molar-refractivity contribution in [1.29, 1.82) is 0 Å². The second-order valence-electron chi connectivity index (χ2n) is 5.45. The lowest BCUT2D eigenvalue weighted by molar-refractivity contribution is 0.0928. The molecule has 110 valence electrons. The van der Waals surface area contributed by atoms with Crippen LogP contribution in [0.5, 0.6) is 0 Å². The van der Waals surface area contributed by atoms with Crippen LogP contribution in [0.3, 0.4) is 0 Å². The summed E-state index contributed by atoms with van der Waals surface area (Å²) >= 11 is 0. The second-order valence-corrected chi connectivity index (χ2v) is 5.45. The lowest BCUT2D eigenvalue weighted by Crippen LogP contribution is -2.44. The van der Waals surface area contributed by atoms with Gasteiger partial charge in [0.2, 0.25) is 0 Å². The molecule has 1 heterocycles. The molecule has 4 nitrogen and oxygen atoms in total. The molecule has 1 amide bonds. The van der Waals surface area contributed by atoms with E-state index >= 15 is 0 Å². The average molecular weight is 275 g/mol. The number of anilines is 1. The van der Waals surface area contributed by atoms with Crippen molar-refractivity contribution in [3.8, 4) is 0 Å². The third-order valence-electron chi connectivity index (χ3n) is 3.95. The number of amides is 1. The fourth-order valence-corrected chi connectivity index (χ4v) is 2.66. The number of rotatable bonds is 5. The Morgan fingerprint density at radius 2 is 2.05 bits per heavy atom. The largest absolute Gasteiger partial charge is 0.385 e. The number of carbonyl (C=O) groups excluding carboxylic acids is 1. The summed E-state index contributed by atoms with van der Waals surface area (Å²) in [6.07, 6.45) is 3.71. The minimum atomic E-state index is 0.0204. The van der Waals surface area contributed by atoms with Crippen LogP contribution in [-0.4, -0.2) is 43.5 Å². The van der Waals surface area contributed by atoms with Crippen molar-refractivity contribution >= 4 is 11.6 Å². The maximum absolute atomic E-state index is 12.1. The highest BCUT2D eigenvalue weighted by Crippen LogP contribution is 2.14. The molecule has 1 fully saturated rings. The summed E-state index contributed by atoms with van der Waals surface area (Å²) in [5, 5.41) is 6.27. The Morgan fingerprint density at radius 1 is 1.30 bits per heavy atom. The van der Waals surface area contributed by atoms with Gasteiger partial charge >= 0.3 is 0 Å². The first-order valence-electron chi connectivity index (χ1n) is 7.53. The molecule has 1 aliphatic rings. The number of hydrogen-bond acceptors (Lipinski definition) is 3. The molecule has 1 aromatic carbocycles. The number of hydrogen-bond donors (Lipinski definition) is 2.